The standard InChI is InChI=1S/C9H20N2/c1-3-9(11-10)8-5-4-7(2)6-8/h7-9,11H,3-6,10H2,1-2H3. The summed E-state index contributed by atoms with van der Waals surface area (Å²) in [6, 6.07) is 0.556. The molecule has 0 aromatic carbocycles. The van der Waals surface area contributed by atoms with Crippen molar-refractivity contribution in [1.29, 1.82) is 0 Å². The van der Waals surface area contributed by atoms with E-state index in [9.17, 15) is 0 Å². The van der Waals surface area contributed by atoms with Crippen LogP contribution in [0.5, 0.6) is 0 Å². The molecule has 0 radical (unpaired) electrons. The van der Waals surface area contributed by atoms with E-state index < -0.39 is 0 Å². The van der Waals surface area contributed by atoms with Crippen LogP contribution in [0.1, 0.15) is 39.5 Å². The molecule has 1 aliphatic carbocycles. The van der Waals surface area contributed by atoms with Crippen molar-refractivity contribution in [2.75, 3.05) is 0 Å². The van der Waals surface area contributed by atoms with Crippen LogP contribution in [-0.4, -0.2) is 6.04 Å². The molecule has 66 valence electrons. The summed E-state index contributed by atoms with van der Waals surface area (Å²) in [5.41, 5.74) is 2.91. The van der Waals surface area contributed by atoms with Crippen molar-refractivity contribution in [1.82, 2.24) is 5.43 Å². The van der Waals surface area contributed by atoms with Gasteiger partial charge >= 0.3 is 0 Å². The molecule has 0 spiro atoms. The summed E-state index contributed by atoms with van der Waals surface area (Å²) >= 11 is 0. The van der Waals surface area contributed by atoms with Gasteiger partial charge in [-0.2, -0.15) is 0 Å². The highest BCUT2D eigenvalue weighted by Crippen LogP contribution is 2.33. The van der Waals surface area contributed by atoms with Crippen molar-refractivity contribution in [3.63, 3.8) is 0 Å². The van der Waals surface area contributed by atoms with E-state index in [1.165, 1.54) is 19.3 Å². The van der Waals surface area contributed by atoms with E-state index in [0.717, 1.165) is 18.3 Å². The number of rotatable bonds is 3. The van der Waals surface area contributed by atoms with E-state index in [4.69, 9.17) is 5.84 Å². The fraction of sp³-hybridized carbons (Fsp3) is 1.00. The largest absolute Gasteiger partial charge is 0.271 e. The number of hydrogen-bond acceptors (Lipinski definition) is 2. The predicted octanol–water partition coefficient (Wildman–Crippen LogP) is 1.66. The Morgan fingerprint density at radius 2 is 2.27 bits per heavy atom. The van der Waals surface area contributed by atoms with Crippen LogP contribution in [0.15, 0.2) is 0 Å². The average Bonchev–Trinajstić information content (AvgIpc) is 2.39. The van der Waals surface area contributed by atoms with E-state index in [1.54, 1.807) is 0 Å². The van der Waals surface area contributed by atoms with Gasteiger partial charge in [0.05, 0.1) is 0 Å². The topological polar surface area (TPSA) is 38.0 Å². The van der Waals surface area contributed by atoms with Gasteiger partial charge in [-0.1, -0.05) is 20.3 Å². The molecule has 0 aromatic rings. The lowest BCUT2D eigenvalue weighted by atomic mass is 9.96. The van der Waals surface area contributed by atoms with Crippen molar-refractivity contribution < 1.29 is 0 Å². The number of nitrogens with two attached hydrogens (primary N) is 1. The first-order valence-corrected chi connectivity index (χ1v) is 4.74. The van der Waals surface area contributed by atoms with Gasteiger partial charge in [-0.05, 0) is 31.1 Å². The lowest BCUT2D eigenvalue weighted by Gasteiger charge is -2.20. The zero-order valence-electron chi connectivity index (χ0n) is 7.64. The minimum absolute atomic E-state index is 0.556. The summed E-state index contributed by atoms with van der Waals surface area (Å²) in [4.78, 5) is 0. The minimum atomic E-state index is 0.556. The molecule has 0 heterocycles. The average molecular weight is 156 g/mol. The van der Waals surface area contributed by atoms with E-state index >= 15 is 0 Å². The first-order valence-electron chi connectivity index (χ1n) is 4.74. The van der Waals surface area contributed by atoms with E-state index in [-0.39, 0.29) is 0 Å². The monoisotopic (exact) mass is 156 g/mol. The highest BCUT2D eigenvalue weighted by molar-refractivity contribution is 4.80. The predicted molar refractivity (Wildman–Crippen MR) is 47.9 cm³/mol. The maximum Gasteiger partial charge on any atom is 0.0236 e. The van der Waals surface area contributed by atoms with Gasteiger partial charge in [0.25, 0.3) is 0 Å². The highest BCUT2D eigenvalue weighted by atomic mass is 15.2. The maximum absolute atomic E-state index is 5.46. The summed E-state index contributed by atoms with van der Waals surface area (Å²) in [5, 5.41) is 0. The second-order valence-electron chi connectivity index (χ2n) is 3.86. The van der Waals surface area contributed by atoms with Crippen LogP contribution in [-0.2, 0) is 0 Å². The fourth-order valence-electron chi connectivity index (χ4n) is 2.20. The normalized spacial score (nSPS) is 34.1. The molecule has 1 rings (SSSR count). The summed E-state index contributed by atoms with van der Waals surface area (Å²) in [5.74, 6) is 7.21. The molecule has 11 heavy (non-hydrogen) atoms. The van der Waals surface area contributed by atoms with Gasteiger partial charge in [-0.15, -0.1) is 0 Å². The molecular formula is C9H20N2. The van der Waals surface area contributed by atoms with Gasteiger partial charge in [0.1, 0.15) is 0 Å². The lowest BCUT2D eigenvalue weighted by Crippen LogP contribution is -2.39. The Bertz CT molecular complexity index is 110. The van der Waals surface area contributed by atoms with Crippen molar-refractivity contribution >= 4 is 0 Å². The van der Waals surface area contributed by atoms with Crippen molar-refractivity contribution in [3.05, 3.63) is 0 Å². The van der Waals surface area contributed by atoms with Gasteiger partial charge in [0.15, 0.2) is 0 Å². The maximum atomic E-state index is 5.46. The van der Waals surface area contributed by atoms with Crippen molar-refractivity contribution in [3.8, 4) is 0 Å². The third-order valence-corrected chi connectivity index (χ3v) is 2.96. The molecular weight excluding hydrogens is 136 g/mol. The first kappa shape index (κ1) is 9.01. The van der Waals surface area contributed by atoms with E-state index in [2.05, 4.69) is 19.3 Å². The van der Waals surface area contributed by atoms with Crippen LogP contribution < -0.4 is 11.3 Å². The molecule has 1 fully saturated rings. The summed E-state index contributed by atoms with van der Waals surface area (Å²) in [7, 11) is 0. The van der Waals surface area contributed by atoms with Gasteiger partial charge in [-0.3, -0.25) is 11.3 Å². The van der Waals surface area contributed by atoms with Gasteiger partial charge in [-0.25, -0.2) is 0 Å². The van der Waals surface area contributed by atoms with Crippen LogP contribution >= 0.6 is 0 Å². The molecule has 0 amide bonds. The zero-order valence-corrected chi connectivity index (χ0v) is 7.64. The molecule has 2 heteroatoms. The smallest absolute Gasteiger partial charge is 0.0236 e. The van der Waals surface area contributed by atoms with Crippen LogP contribution in [0.2, 0.25) is 0 Å². The Labute approximate surface area is 69.5 Å². The summed E-state index contributed by atoms with van der Waals surface area (Å²) in [6.45, 7) is 4.54. The second kappa shape index (κ2) is 4.07. The molecule has 3 atom stereocenters. The molecule has 1 aliphatic rings. The van der Waals surface area contributed by atoms with Crippen LogP contribution in [0.3, 0.4) is 0 Å². The molecule has 0 aromatic heterocycles. The molecule has 0 saturated heterocycles. The number of hydrazine groups is 1. The Balaban J connectivity index is 2.34. The van der Waals surface area contributed by atoms with Crippen LogP contribution in [0, 0.1) is 11.8 Å². The number of nitrogens with one attached hydrogen (secondary N) is 1. The molecule has 2 nitrogen and oxygen atoms in total. The summed E-state index contributed by atoms with van der Waals surface area (Å²) in [6.07, 6.45) is 5.28. The quantitative estimate of drug-likeness (QED) is 0.482. The Kier molecular flexibility index (Phi) is 3.34. The summed E-state index contributed by atoms with van der Waals surface area (Å²) < 4.78 is 0. The molecule has 0 bridgehead atoms. The van der Waals surface area contributed by atoms with Crippen LogP contribution in [0.25, 0.3) is 0 Å². The number of hydrogen-bond donors (Lipinski definition) is 2. The van der Waals surface area contributed by atoms with E-state index in [0.29, 0.717) is 6.04 Å². The third-order valence-electron chi connectivity index (χ3n) is 2.96. The third kappa shape index (κ3) is 2.17. The fourth-order valence-corrected chi connectivity index (χ4v) is 2.20. The van der Waals surface area contributed by atoms with E-state index in [1.807, 2.05) is 0 Å². The Morgan fingerprint density at radius 1 is 1.55 bits per heavy atom. The second-order valence-corrected chi connectivity index (χ2v) is 3.86. The van der Waals surface area contributed by atoms with Crippen molar-refractivity contribution in [2.24, 2.45) is 17.7 Å². The van der Waals surface area contributed by atoms with Gasteiger partial charge < -0.3 is 0 Å². The van der Waals surface area contributed by atoms with Gasteiger partial charge in [0.2, 0.25) is 0 Å². The Morgan fingerprint density at radius 3 is 2.64 bits per heavy atom. The molecule has 3 unspecified atom stereocenters. The van der Waals surface area contributed by atoms with Gasteiger partial charge in [0, 0.05) is 6.04 Å². The lowest BCUT2D eigenvalue weighted by molar-refractivity contribution is 0.346. The molecule has 0 aliphatic heterocycles. The minimum Gasteiger partial charge on any atom is -0.271 e. The van der Waals surface area contributed by atoms with Crippen LogP contribution in [0.4, 0.5) is 0 Å². The molecule has 1 saturated carbocycles. The first-order chi connectivity index (χ1) is 5.27. The SMILES string of the molecule is CCC(NN)C1CCC(C)C1. The Hall–Kier alpha value is -0.0800. The highest BCUT2D eigenvalue weighted by Gasteiger charge is 2.26. The molecule has 3 N–H and O–H groups in total. The zero-order chi connectivity index (χ0) is 8.27. The van der Waals surface area contributed by atoms with Crippen molar-refractivity contribution in [2.45, 2.75) is 45.6 Å².